The lowest BCUT2D eigenvalue weighted by Crippen LogP contribution is -2.15. The molecule has 3 rings (SSSR count). The van der Waals surface area contributed by atoms with E-state index in [1.54, 1.807) is 91.0 Å². The number of hydrogen-bond acceptors (Lipinski definition) is 9. The van der Waals surface area contributed by atoms with Gasteiger partial charge in [-0.1, -0.05) is 123 Å². The predicted octanol–water partition coefficient (Wildman–Crippen LogP) is 4.76. The highest BCUT2D eigenvalue weighted by Crippen LogP contribution is 2.41. The third-order valence-corrected chi connectivity index (χ3v) is 17.0. The molecule has 13 heteroatoms. The standard InChI is InChI=1S/C21H21BO6S6/c23-32(24,16-19-10-4-1-5-11-19)29-22(30-33(25,26)17-20-12-6-2-7-13-20)31-34(27,28)18-21-14-8-3-9-15-21/h1-15H,16-18H2. The van der Waals surface area contributed by atoms with Crippen LogP contribution in [-0.4, -0.2) is 29.8 Å². The van der Waals surface area contributed by atoms with E-state index in [-0.39, 0.29) is 17.3 Å². The summed E-state index contributed by atoms with van der Waals surface area (Å²) < 4.78 is 75.7. The second kappa shape index (κ2) is 12.0. The molecule has 0 aromatic heterocycles. The van der Waals surface area contributed by atoms with Crippen LogP contribution in [0.3, 0.4) is 0 Å². The minimum atomic E-state index is -3.88. The smallest absolute Gasteiger partial charge is 0.218 e. The Hall–Kier alpha value is -1.38. The summed E-state index contributed by atoms with van der Waals surface area (Å²) in [7, 11) is -10.6. The van der Waals surface area contributed by atoms with Crippen LogP contribution in [0.15, 0.2) is 91.0 Å². The minimum Gasteiger partial charge on any atom is -0.218 e. The summed E-state index contributed by atoms with van der Waals surface area (Å²) in [6, 6.07) is 25.3. The Morgan fingerprint density at radius 2 is 0.676 bits per heavy atom. The molecular formula is C21H21BO6S6. The SMILES string of the molecule is O=S(=O)(Cc1ccccc1)SB(SS(=O)(=O)Cc1ccccc1)SS(=O)(=O)Cc1ccccc1. The van der Waals surface area contributed by atoms with E-state index in [1.807, 2.05) is 0 Å². The molecule has 0 unspecified atom stereocenters. The number of rotatable bonds is 12. The number of hydrogen-bond donors (Lipinski definition) is 0. The summed E-state index contributed by atoms with van der Waals surface area (Å²) in [5.41, 5.74) is 1.59. The van der Waals surface area contributed by atoms with Crippen molar-refractivity contribution in [2.75, 3.05) is 0 Å². The maximum atomic E-state index is 12.8. The van der Waals surface area contributed by atoms with Gasteiger partial charge in [0.15, 0.2) is 26.6 Å². The average Bonchev–Trinajstić information content (AvgIpc) is 2.73. The zero-order valence-corrected chi connectivity index (χ0v) is 22.7. The van der Waals surface area contributed by atoms with Crippen LogP contribution in [0.1, 0.15) is 16.7 Å². The highest BCUT2D eigenvalue weighted by molar-refractivity contribution is 9.15. The predicted molar refractivity (Wildman–Crippen MR) is 146 cm³/mol. The third-order valence-electron chi connectivity index (χ3n) is 4.23. The van der Waals surface area contributed by atoms with Gasteiger partial charge < -0.3 is 0 Å². The van der Waals surface area contributed by atoms with E-state index in [4.69, 9.17) is 0 Å². The molecule has 3 aromatic rings. The lowest BCUT2D eigenvalue weighted by molar-refractivity contribution is 0.608. The Balaban J connectivity index is 1.81. The first kappa shape index (κ1) is 27.2. The summed E-state index contributed by atoms with van der Waals surface area (Å²) in [5, 5.41) is 0. The Labute approximate surface area is 212 Å². The molecule has 0 N–H and O–H groups in total. The molecule has 0 amide bonds. The Morgan fingerprint density at radius 1 is 0.441 bits per heavy atom. The summed E-state index contributed by atoms with van der Waals surface area (Å²) in [4.78, 5) is 0. The lowest BCUT2D eigenvalue weighted by Gasteiger charge is -2.13. The Morgan fingerprint density at radius 3 is 0.912 bits per heavy atom. The maximum Gasteiger partial charge on any atom is 0.391 e. The van der Waals surface area contributed by atoms with Gasteiger partial charge in [0, 0.05) is 0 Å². The van der Waals surface area contributed by atoms with Crippen LogP contribution in [0.2, 0.25) is 0 Å². The molecule has 0 spiro atoms. The fourth-order valence-corrected chi connectivity index (χ4v) is 19.9. The summed E-state index contributed by atoms with van der Waals surface area (Å²) >= 11 is 0. The summed E-state index contributed by atoms with van der Waals surface area (Å²) in [5.74, 6) is -1.02. The topological polar surface area (TPSA) is 102 Å². The third kappa shape index (κ3) is 9.71. The van der Waals surface area contributed by atoms with Crippen LogP contribution in [0.25, 0.3) is 0 Å². The zero-order valence-electron chi connectivity index (χ0n) is 17.8. The van der Waals surface area contributed by atoms with Crippen LogP contribution < -0.4 is 0 Å². The van der Waals surface area contributed by atoms with E-state index in [0.29, 0.717) is 48.6 Å². The van der Waals surface area contributed by atoms with Gasteiger partial charge in [-0.05, 0) is 16.7 Å². The van der Waals surface area contributed by atoms with Crippen molar-refractivity contribution in [1.29, 1.82) is 0 Å². The molecule has 0 heterocycles. The van der Waals surface area contributed by atoms with E-state index in [0.717, 1.165) is 0 Å². The minimum absolute atomic E-state index is 0.340. The molecular weight excluding hydrogens is 551 g/mol. The first-order valence-electron chi connectivity index (χ1n) is 9.87. The van der Waals surface area contributed by atoms with Gasteiger partial charge in [-0.15, -0.1) is 0 Å². The lowest BCUT2D eigenvalue weighted by atomic mass is 10.2. The van der Waals surface area contributed by atoms with Crippen molar-refractivity contribution >= 4 is 63.1 Å². The molecule has 0 aliphatic heterocycles. The van der Waals surface area contributed by atoms with Crippen LogP contribution in [0, 0.1) is 0 Å². The van der Waals surface area contributed by atoms with E-state index in [2.05, 4.69) is 0 Å². The monoisotopic (exact) mass is 572 g/mol. The van der Waals surface area contributed by atoms with E-state index in [1.165, 1.54) is 0 Å². The zero-order chi connectivity index (χ0) is 24.7. The fourth-order valence-electron chi connectivity index (χ4n) is 2.84. The molecule has 0 bridgehead atoms. The van der Waals surface area contributed by atoms with Crippen molar-refractivity contribution in [3.63, 3.8) is 0 Å². The van der Waals surface area contributed by atoms with Crippen molar-refractivity contribution < 1.29 is 25.3 Å². The molecule has 0 atom stereocenters. The summed E-state index contributed by atoms with van der Waals surface area (Å²) in [6.07, 6.45) is 0. The summed E-state index contributed by atoms with van der Waals surface area (Å²) in [6.45, 7) is 0. The maximum absolute atomic E-state index is 12.8. The average molecular weight is 573 g/mol. The van der Waals surface area contributed by atoms with Gasteiger partial charge in [0.05, 0.1) is 17.3 Å². The van der Waals surface area contributed by atoms with E-state index >= 15 is 0 Å². The molecule has 0 fully saturated rings. The molecule has 6 nitrogen and oxygen atoms in total. The second-order valence-electron chi connectivity index (χ2n) is 7.14. The molecule has 34 heavy (non-hydrogen) atoms. The molecule has 0 aliphatic rings. The first-order valence-corrected chi connectivity index (χ1v) is 19.0. The van der Waals surface area contributed by atoms with Gasteiger partial charge >= 0.3 is 4.55 Å². The van der Waals surface area contributed by atoms with Gasteiger partial charge in [0.2, 0.25) is 0 Å². The first-order chi connectivity index (χ1) is 16.0. The van der Waals surface area contributed by atoms with E-state index < -0.39 is 31.2 Å². The van der Waals surface area contributed by atoms with Crippen LogP contribution in [0.5, 0.6) is 0 Å². The van der Waals surface area contributed by atoms with Crippen molar-refractivity contribution in [2.45, 2.75) is 17.3 Å². The Bertz CT molecular complexity index is 1210. The highest BCUT2D eigenvalue weighted by Gasteiger charge is 2.36. The van der Waals surface area contributed by atoms with Gasteiger partial charge in [-0.2, -0.15) is 0 Å². The molecule has 0 radical (unpaired) electrons. The van der Waals surface area contributed by atoms with Gasteiger partial charge in [0.25, 0.3) is 0 Å². The van der Waals surface area contributed by atoms with Gasteiger partial charge in [-0.25, -0.2) is 25.3 Å². The van der Waals surface area contributed by atoms with Gasteiger partial charge in [-0.3, -0.25) is 0 Å². The van der Waals surface area contributed by atoms with Crippen molar-refractivity contribution in [3.05, 3.63) is 108 Å². The van der Waals surface area contributed by atoms with Crippen molar-refractivity contribution in [3.8, 4) is 0 Å². The number of benzene rings is 3. The molecule has 3 aromatic carbocycles. The van der Waals surface area contributed by atoms with E-state index in [9.17, 15) is 25.3 Å². The van der Waals surface area contributed by atoms with Crippen LogP contribution >= 0.6 is 31.9 Å². The molecule has 0 saturated heterocycles. The van der Waals surface area contributed by atoms with Gasteiger partial charge in [0.1, 0.15) is 0 Å². The van der Waals surface area contributed by atoms with Crippen LogP contribution in [-0.2, 0) is 43.9 Å². The van der Waals surface area contributed by atoms with Crippen molar-refractivity contribution in [1.82, 2.24) is 0 Å². The quantitative estimate of drug-likeness (QED) is 0.225. The molecule has 0 aliphatic carbocycles. The molecule has 180 valence electrons. The second-order valence-corrected chi connectivity index (χ2v) is 20.5. The largest absolute Gasteiger partial charge is 0.391 e. The normalized spacial score (nSPS) is 12.4. The van der Waals surface area contributed by atoms with Crippen molar-refractivity contribution in [2.24, 2.45) is 0 Å². The fraction of sp³-hybridized carbons (Fsp3) is 0.143. The highest BCUT2D eigenvalue weighted by atomic mass is 33.2. The van der Waals surface area contributed by atoms with Crippen LogP contribution in [0.4, 0.5) is 0 Å². The molecule has 0 saturated carbocycles. The Kier molecular flexibility index (Phi) is 9.64.